The highest BCUT2D eigenvalue weighted by Gasteiger charge is 2.57. The van der Waals surface area contributed by atoms with E-state index >= 15 is 0 Å². The van der Waals surface area contributed by atoms with Crippen LogP contribution in [0, 0.1) is 18.3 Å². The third-order valence-corrected chi connectivity index (χ3v) is 6.49. The molecule has 0 saturated heterocycles. The first-order valence-corrected chi connectivity index (χ1v) is 10.2. The molecular weight excluding hydrogens is 356 g/mol. The number of benzene rings is 2. The Morgan fingerprint density at radius 1 is 1.16 bits per heavy atom. The maximum atomic E-state index is 11.4. The van der Waals surface area contributed by atoms with Gasteiger partial charge < -0.3 is 5.32 Å². The Hall–Kier alpha value is -1.56. The summed E-state index contributed by atoms with van der Waals surface area (Å²) >= 11 is 6.08. The van der Waals surface area contributed by atoms with Gasteiger partial charge in [-0.05, 0) is 59.6 Å². The SMILES string of the molecule is Cc1ccc(Cl)cc1NCC1C(c2ccc(S(N)(=O)=O)cc2)C1(C)C. The van der Waals surface area contributed by atoms with Gasteiger partial charge in [0.25, 0.3) is 0 Å². The number of nitrogens with two attached hydrogens (primary N) is 1. The van der Waals surface area contributed by atoms with Crippen LogP contribution in [0.15, 0.2) is 47.4 Å². The fourth-order valence-electron chi connectivity index (χ4n) is 3.66. The largest absolute Gasteiger partial charge is 0.384 e. The number of hydrogen-bond donors (Lipinski definition) is 2. The van der Waals surface area contributed by atoms with Crippen molar-refractivity contribution < 1.29 is 8.42 Å². The van der Waals surface area contributed by atoms with Crippen molar-refractivity contribution in [3.63, 3.8) is 0 Å². The van der Waals surface area contributed by atoms with Crippen LogP contribution in [-0.2, 0) is 10.0 Å². The van der Waals surface area contributed by atoms with Gasteiger partial charge in [0.15, 0.2) is 0 Å². The van der Waals surface area contributed by atoms with Crippen LogP contribution < -0.4 is 10.5 Å². The van der Waals surface area contributed by atoms with Crippen molar-refractivity contribution in [2.75, 3.05) is 11.9 Å². The topological polar surface area (TPSA) is 72.2 Å². The second kappa shape index (κ2) is 6.31. The third-order valence-electron chi connectivity index (χ3n) is 5.33. The summed E-state index contributed by atoms with van der Waals surface area (Å²) < 4.78 is 22.8. The predicted molar refractivity (Wildman–Crippen MR) is 103 cm³/mol. The van der Waals surface area contributed by atoms with Crippen LogP contribution in [-0.4, -0.2) is 15.0 Å². The molecule has 3 rings (SSSR count). The first-order chi connectivity index (χ1) is 11.6. The van der Waals surface area contributed by atoms with Gasteiger partial charge in [-0.1, -0.05) is 43.6 Å². The maximum absolute atomic E-state index is 11.4. The summed E-state index contributed by atoms with van der Waals surface area (Å²) in [5, 5.41) is 9.40. The molecule has 0 bridgehead atoms. The van der Waals surface area contributed by atoms with E-state index in [2.05, 4.69) is 26.1 Å². The maximum Gasteiger partial charge on any atom is 0.238 e. The number of hydrogen-bond acceptors (Lipinski definition) is 3. The molecule has 0 amide bonds. The fraction of sp³-hybridized carbons (Fsp3) is 0.368. The molecule has 6 heteroatoms. The number of primary sulfonamides is 1. The molecule has 134 valence electrons. The number of anilines is 1. The summed E-state index contributed by atoms with van der Waals surface area (Å²) in [6, 6.07) is 12.8. The summed E-state index contributed by atoms with van der Waals surface area (Å²) in [5.41, 5.74) is 3.52. The van der Waals surface area contributed by atoms with Crippen LogP contribution in [0.3, 0.4) is 0 Å². The Morgan fingerprint density at radius 2 is 1.80 bits per heavy atom. The van der Waals surface area contributed by atoms with Gasteiger partial charge in [-0.25, -0.2) is 13.6 Å². The zero-order chi connectivity index (χ0) is 18.4. The summed E-state index contributed by atoms with van der Waals surface area (Å²) in [5.74, 6) is 0.847. The second-order valence-electron chi connectivity index (χ2n) is 7.36. The van der Waals surface area contributed by atoms with E-state index in [1.807, 2.05) is 30.3 Å². The summed E-state index contributed by atoms with van der Waals surface area (Å²) in [6.45, 7) is 7.38. The number of halogens is 1. The minimum absolute atomic E-state index is 0.152. The zero-order valence-corrected chi connectivity index (χ0v) is 16.2. The van der Waals surface area contributed by atoms with E-state index in [0.717, 1.165) is 28.4 Å². The van der Waals surface area contributed by atoms with Gasteiger partial charge >= 0.3 is 0 Å². The third kappa shape index (κ3) is 3.68. The minimum atomic E-state index is -3.65. The molecule has 0 spiro atoms. The summed E-state index contributed by atoms with van der Waals surface area (Å²) in [4.78, 5) is 0.152. The molecule has 1 aliphatic carbocycles. The molecule has 1 saturated carbocycles. The van der Waals surface area contributed by atoms with E-state index < -0.39 is 10.0 Å². The highest BCUT2D eigenvalue weighted by atomic mass is 35.5. The molecule has 2 unspecified atom stereocenters. The molecule has 1 aliphatic rings. The minimum Gasteiger partial charge on any atom is -0.384 e. The van der Waals surface area contributed by atoms with E-state index in [4.69, 9.17) is 16.7 Å². The van der Waals surface area contributed by atoms with Gasteiger partial charge in [0, 0.05) is 17.3 Å². The van der Waals surface area contributed by atoms with Gasteiger partial charge in [0.2, 0.25) is 10.0 Å². The van der Waals surface area contributed by atoms with E-state index in [9.17, 15) is 8.42 Å². The lowest BCUT2D eigenvalue weighted by atomic mass is 10.0. The normalized spacial score (nSPS) is 21.8. The quantitative estimate of drug-likeness (QED) is 0.820. The highest BCUT2D eigenvalue weighted by molar-refractivity contribution is 7.89. The van der Waals surface area contributed by atoms with E-state index in [-0.39, 0.29) is 10.3 Å². The van der Waals surface area contributed by atoms with Crippen molar-refractivity contribution in [1.82, 2.24) is 0 Å². The van der Waals surface area contributed by atoms with Gasteiger partial charge in [-0.3, -0.25) is 0 Å². The predicted octanol–water partition coefficient (Wildman–Crippen LogP) is 4.15. The van der Waals surface area contributed by atoms with Crippen LogP contribution in [0.25, 0.3) is 0 Å². The van der Waals surface area contributed by atoms with Crippen molar-refractivity contribution in [1.29, 1.82) is 0 Å². The first-order valence-electron chi connectivity index (χ1n) is 8.23. The molecule has 0 aliphatic heterocycles. The van der Waals surface area contributed by atoms with Crippen LogP contribution in [0.1, 0.15) is 30.9 Å². The molecule has 25 heavy (non-hydrogen) atoms. The number of aryl methyl sites for hydroxylation is 1. The molecule has 2 aromatic rings. The zero-order valence-electron chi connectivity index (χ0n) is 14.6. The lowest BCUT2D eigenvalue weighted by Crippen LogP contribution is -2.11. The van der Waals surface area contributed by atoms with Crippen LogP contribution in [0.5, 0.6) is 0 Å². The highest BCUT2D eigenvalue weighted by Crippen LogP contribution is 2.64. The lowest BCUT2D eigenvalue weighted by Gasteiger charge is -2.10. The van der Waals surface area contributed by atoms with Crippen LogP contribution in [0.2, 0.25) is 5.02 Å². The van der Waals surface area contributed by atoms with E-state index in [1.54, 1.807) is 12.1 Å². The van der Waals surface area contributed by atoms with Crippen molar-refractivity contribution in [3.05, 3.63) is 58.6 Å². The Bertz CT molecular complexity index is 892. The van der Waals surface area contributed by atoms with Crippen molar-refractivity contribution >= 4 is 27.3 Å². The second-order valence-corrected chi connectivity index (χ2v) is 9.36. The van der Waals surface area contributed by atoms with Gasteiger partial charge in [0.05, 0.1) is 4.90 Å². The van der Waals surface area contributed by atoms with E-state index in [0.29, 0.717) is 11.8 Å². The average molecular weight is 379 g/mol. The van der Waals surface area contributed by atoms with E-state index in [1.165, 1.54) is 0 Å². The molecule has 0 heterocycles. The van der Waals surface area contributed by atoms with Crippen molar-refractivity contribution in [2.24, 2.45) is 16.5 Å². The number of sulfonamides is 1. The molecular formula is C19H23ClN2O2S. The summed E-state index contributed by atoms with van der Waals surface area (Å²) in [7, 11) is -3.65. The number of rotatable bonds is 5. The van der Waals surface area contributed by atoms with Crippen molar-refractivity contribution in [3.8, 4) is 0 Å². The Kier molecular flexibility index (Phi) is 4.60. The molecule has 4 nitrogen and oxygen atoms in total. The monoisotopic (exact) mass is 378 g/mol. The Morgan fingerprint density at radius 3 is 2.40 bits per heavy atom. The van der Waals surface area contributed by atoms with Crippen LogP contribution in [0.4, 0.5) is 5.69 Å². The smallest absolute Gasteiger partial charge is 0.238 e. The molecule has 3 N–H and O–H groups in total. The summed E-state index contributed by atoms with van der Waals surface area (Å²) in [6.07, 6.45) is 0. The van der Waals surface area contributed by atoms with Gasteiger partial charge in [-0.2, -0.15) is 0 Å². The van der Waals surface area contributed by atoms with Crippen molar-refractivity contribution in [2.45, 2.75) is 31.6 Å². The average Bonchev–Trinajstić information content (AvgIpc) is 3.08. The fourth-order valence-corrected chi connectivity index (χ4v) is 4.34. The lowest BCUT2D eigenvalue weighted by molar-refractivity contribution is 0.565. The number of nitrogens with one attached hydrogen (secondary N) is 1. The molecule has 1 fully saturated rings. The van der Waals surface area contributed by atoms with Gasteiger partial charge in [-0.15, -0.1) is 0 Å². The standard InChI is InChI=1S/C19H23ClN2O2S/c1-12-4-7-14(20)10-17(12)22-11-16-18(19(16,2)3)13-5-8-15(9-6-13)25(21,23)24/h4-10,16,18,22H,11H2,1-3H3,(H2,21,23,24). The molecule has 2 aromatic carbocycles. The first kappa shape index (κ1) is 18.2. The Labute approximate surface area is 154 Å². The molecule has 0 radical (unpaired) electrons. The molecule has 2 atom stereocenters. The van der Waals surface area contributed by atoms with Gasteiger partial charge in [0.1, 0.15) is 0 Å². The Balaban J connectivity index is 1.73. The van der Waals surface area contributed by atoms with Crippen LogP contribution >= 0.6 is 11.6 Å². The molecule has 0 aromatic heterocycles.